The molecule has 0 aliphatic carbocycles. The maximum Gasteiger partial charge on any atom is 0.266 e. The number of furan rings is 1. The number of carbonyl (C=O) groups excluding carboxylic acids is 1. The van der Waals surface area contributed by atoms with Crippen LogP contribution in [0.15, 0.2) is 27.6 Å². The fourth-order valence-electron chi connectivity index (χ4n) is 2.76. The number of nitrogens with one attached hydrogen (secondary N) is 1. The number of H-pyrrole nitrogens is 1. The first-order chi connectivity index (χ1) is 11.4. The van der Waals surface area contributed by atoms with Crippen LogP contribution in [-0.2, 0) is 11.2 Å². The van der Waals surface area contributed by atoms with Crippen molar-refractivity contribution in [3.8, 4) is 6.07 Å². The Kier molecular flexibility index (Phi) is 5.24. The topological polar surface area (TPSA) is 90.1 Å². The summed E-state index contributed by atoms with van der Waals surface area (Å²) in [4.78, 5) is 28.5. The van der Waals surface area contributed by atoms with E-state index in [2.05, 4.69) is 4.98 Å². The highest BCUT2D eigenvalue weighted by molar-refractivity contribution is 5.76. The molecule has 2 heterocycles. The van der Waals surface area contributed by atoms with Crippen LogP contribution < -0.4 is 5.56 Å². The Morgan fingerprint density at radius 3 is 2.75 bits per heavy atom. The minimum atomic E-state index is -0.383. The summed E-state index contributed by atoms with van der Waals surface area (Å²) in [6, 6.07) is 5.40. The average Bonchev–Trinajstić information content (AvgIpc) is 3.07. The van der Waals surface area contributed by atoms with Crippen LogP contribution >= 0.6 is 0 Å². The highest BCUT2D eigenvalue weighted by Crippen LogP contribution is 2.21. The van der Waals surface area contributed by atoms with E-state index in [-0.39, 0.29) is 23.1 Å². The van der Waals surface area contributed by atoms with Crippen LogP contribution in [0.4, 0.5) is 0 Å². The monoisotopic (exact) mass is 327 g/mol. The largest absolute Gasteiger partial charge is 0.467 e. The predicted octanol–water partition coefficient (Wildman–Crippen LogP) is 2.61. The summed E-state index contributed by atoms with van der Waals surface area (Å²) in [5.41, 5.74) is 1.92. The van der Waals surface area contributed by atoms with Gasteiger partial charge in [0.2, 0.25) is 5.91 Å². The van der Waals surface area contributed by atoms with Gasteiger partial charge in [-0.15, -0.1) is 0 Å². The number of pyridine rings is 1. The Labute approximate surface area is 140 Å². The lowest BCUT2D eigenvalue weighted by Gasteiger charge is -2.23. The molecule has 1 atom stereocenters. The quantitative estimate of drug-likeness (QED) is 0.914. The zero-order valence-electron chi connectivity index (χ0n) is 14.3. The van der Waals surface area contributed by atoms with Gasteiger partial charge in [0, 0.05) is 19.2 Å². The molecule has 6 nitrogen and oxygen atoms in total. The zero-order valence-corrected chi connectivity index (χ0v) is 14.3. The Balaban J connectivity index is 2.12. The van der Waals surface area contributed by atoms with Gasteiger partial charge in [0.1, 0.15) is 17.4 Å². The molecular weight excluding hydrogens is 306 g/mol. The van der Waals surface area contributed by atoms with E-state index >= 15 is 0 Å². The molecule has 0 saturated carbocycles. The van der Waals surface area contributed by atoms with Crippen molar-refractivity contribution in [1.82, 2.24) is 9.88 Å². The number of rotatable bonds is 5. The summed E-state index contributed by atoms with van der Waals surface area (Å²) in [6.07, 6.45) is 2.35. The second-order valence-corrected chi connectivity index (χ2v) is 5.87. The third-order valence-electron chi connectivity index (χ3n) is 4.44. The summed E-state index contributed by atoms with van der Waals surface area (Å²) in [5.74, 6) is 0.705. The second kappa shape index (κ2) is 7.18. The summed E-state index contributed by atoms with van der Waals surface area (Å²) < 4.78 is 5.34. The zero-order chi connectivity index (χ0) is 17.9. The van der Waals surface area contributed by atoms with Gasteiger partial charge in [0.05, 0.1) is 12.3 Å². The van der Waals surface area contributed by atoms with Crippen molar-refractivity contribution in [2.45, 2.75) is 39.7 Å². The third kappa shape index (κ3) is 3.40. The molecule has 0 saturated heterocycles. The van der Waals surface area contributed by atoms with Crippen molar-refractivity contribution in [2.75, 3.05) is 7.05 Å². The van der Waals surface area contributed by atoms with E-state index in [1.54, 1.807) is 38.1 Å². The first-order valence-corrected chi connectivity index (χ1v) is 7.78. The summed E-state index contributed by atoms with van der Waals surface area (Å²) >= 11 is 0. The molecule has 0 aliphatic heterocycles. The van der Waals surface area contributed by atoms with Gasteiger partial charge in [-0.3, -0.25) is 9.59 Å². The van der Waals surface area contributed by atoms with Crippen LogP contribution in [0, 0.1) is 25.2 Å². The van der Waals surface area contributed by atoms with Crippen LogP contribution in [0.3, 0.4) is 0 Å². The van der Waals surface area contributed by atoms with Crippen LogP contribution in [0.25, 0.3) is 0 Å². The number of aryl methyl sites for hydroxylation is 1. The van der Waals surface area contributed by atoms with E-state index in [9.17, 15) is 9.59 Å². The van der Waals surface area contributed by atoms with E-state index in [1.165, 1.54) is 0 Å². The van der Waals surface area contributed by atoms with Crippen molar-refractivity contribution in [1.29, 1.82) is 5.26 Å². The van der Waals surface area contributed by atoms with Crippen molar-refractivity contribution in [3.05, 3.63) is 56.9 Å². The van der Waals surface area contributed by atoms with Crippen LogP contribution in [0.5, 0.6) is 0 Å². The Bertz CT molecular complexity index is 828. The molecule has 2 aromatic heterocycles. The van der Waals surface area contributed by atoms with E-state index < -0.39 is 0 Å². The van der Waals surface area contributed by atoms with Crippen LogP contribution in [0.2, 0.25) is 0 Å². The highest BCUT2D eigenvalue weighted by Gasteiger charge is 2.20. The minimum Gasteiger partial charge on any atom is -0.467 e. The summed E-state index contributed by atoms with van der Waals surface area (Å²) in [7, 11) is 1.74. The van der Waals surface area contributed by atoms with E-state index in [4.69, 9.17) is 9.68 Å². The number of hydrogen-bond acceptors (Lipinski definition) is 4. The Hall–Kier alpha value is -2.81. The van der Waals surface area contributed by atoms with Gasteiger partial charge in [-0.2, -0.15) is 5.26 Å². The molecule has 0 aliphatic rings. The Morgan fingerprint density at radius 2 is 2.17 bits per heavy atom. The van der Waals surface area contributed by atoms with Gasteiger partial charge in [-0.1, -0.05) is 0 Å². The third-order valence-corrected chi connectivity index (χ3v) is 4.44. The van der Waals surface area contributed by atoms with Crippen molar-refractivity contribution < 1.29 is 9.21 Å². The van der Waals surface area contributed by atoms with Crippen LogP contribution in [0.1, 0.15) is 47.5 Å². The molecule has 0 fully saturated rings. The fraction of sp³-hybridized carbons (Fsp3) is 0.389. The lowest BCUT2D eigenvalue weighted by Crippen LogP contribution is -2.30. The van der Waals surface area contributed by atoms with Crippen molar-refractivity contribution >= 4 is 5.91 Å². The summed E-state index contributed by atoms with van der Waals surface area (Å²) in [6.45, 7) is 5.43. The molecule has 0 radical (unpaired) electrons. The van der Waals surface area contributed by atoms with Gasteiger partial charge in [-0.05, 0) is 50.5 Å². The van der Waals surface area contributed by atoms with Crippen LogP contribution in [-0.4, -0.2) is 22.8 Å². The summed E-state index contributed by atoms with van der Waals surface area (Å²) in [5, 5.41) is 9.10. The Morgan fingerprint density at radius 1 is 1.46 bits per heavy atom. The minimum absolute atomic E-state index is 0.0255. The van der Waals surface area contributed by atoms with E-state index in [0.29, 0.717) is 24.1 Å². The maximum atomic E-state index is 12.4. The van der Waals surface area contributed by atoms with Gasteiger partial charge < -0.3 is 14.3 Å². The van der Waals surface area contributed by atoms with Gasteiger partial charge in [-0.25, -0.2) is 0 Å². The first kappa shape index (κ1) is 17.5. The second-order valence-electron chi connectivity index (χ2n) is 5.87. The molecule has 0 spiro atoms. The number of amides is 1. The van der Waals surface area contributed by atoms with E-state index in [1.807, 2.05) is 19.1 Å². The molecule has 1 N–H and O–H groups in total. The molecule has 6 heteroatoms. The highest BCUT2D eigenvalue weighted by atomic mass is 16.3. The number of aromatic nitrogens is 1. The van der Waals surface area contributed by atoms with E-state index in [0.717, 1.165) is 11.3 Å². The predicted molar refractivity (Wildman–Crippen MR) is 89.5 cm³/mol. The normalized spacial score (nSPS) is 11.8. The number of nitriles is 1. The number of aromatic amines is 1. The van der Waals surface area contributed by atoms with Gasteiger partial charge >= 0.3 is 0 Å². The maximum absolute atomic E-state index is 12.4. The lowest BCUT2D eigenvalue weighted by molar-refractivity contribution is -0.132. The standard InChI is InChI=1S/C18H21N3O3/c1-11-14(12(2)20-18(23)15(11)10-19)7-8-17(22)21(4)13(3)16-6-5-9-24-16/h5-6,9,13H,7-8H2,1-4H3,(H,20,23). The average molecular weight is 327 g/mol. The molecule has 0 aromatic carbocycles. The smallest absolute Gasteiger partial charge is 0.266 e. The lowest BCUT2D eigenvalue weighted by atomic mass is 9.98. The van der Waals surface area contributed by atoms with Gasteiger partial charge in [0.15, 0.2) is 0 Å². The molecular formula is C18H21N3O3. The van der Waals surface area contributed by atoms with Gasteiger partial charge in [0.25, 0.3) is 5.56 Å². The van der Waals surface area contributed by atoms with Crippen molar-refractivity contribution in [3.63, 3.8) is 0 Å². The molecule has 126 valence electrons. The fourth-order valence-corrected chi connectivity index (χ4v) is 2.76. The molecule has 1 unspecified atom stereocenters. The first-order valence-electron chi connectivity index (χ1n) is 7.78. The molecule has 2 rings (SSSR count). The number of carbonyl (C=O) groups is 1. The molecule has 1 amide bonds. The molecule has 0 bridgehead atoms. The molecule has 24 heavy (non-hydrogen) atoms. The number of hydrogen-bond donors (Lipinski definition) is 1. The number of nitrogens with zero attached hydrogens (tertiary/aromatic N) is 2. The molecule has 2 aromatic rings. The SMILES string of the molecule is Cc1[nH]c(=O)c(C#N)c(C)c1CCC(=O)N(C)C(C)c1ccco1. The van der Waals surface area contributed by atoms with Crippen molar-refractivity contribution in [2.24, 2.45) is 0 Å².